The number of carboxylic acids is 1. The summed E-state index contributed by atoms with van der Waals surface area (Å²) < 4.78 is 13.8. The van der Waals surface area contributed by atoms with Gasteiger partial charge in [0.1, 0.15) is 6.61 Å². The second kappa shape index (κ2) is 12.7. The third kappa shape index (κ3) is 6.36. The van der Waals surface area contributed by atoms with Crippen LogP contribution in [-0.2, 0) is 16.1 Å². The SMILES string of the molecule is CCOC(=O)C1=C(C)N=c2s/c(=C/c3cc(Cl)c(OCc4ccc(C(=O)O)cc4)c(Br)c3)c(=O)n2[C@H]1c1ccc(C)cc1. The molecule has 0 bridgehead atoms. The molecule has 0 unspecified atom stereocenters. The molecule has 0 fully saturated rings. The lowest BCUT2D eigenvalue weighted by Crippen LogP contribution is -2.39. The molecule has 0 saturated heterocycles. The van der Waals surface area contributed by atoms with Gasteiger partial charge >= 0.3 is 11.9 Å². The van der Waals surface area contributed by atoms with Crippen LogP contribution < -0.4 is 19.6 Å². The highest BCUT2D eigenvalue weighted by molar-refractivity contribution is 9.10. The molecule has 1 atom stereocenters. The fourth-order valence-corrected chi connectivity index (χ4v) is 6.74. The first kappa shape index (κ1) is 30.5. The van der Waals surface area contributed by atoms with Crippen LogP contribution >= 0.6 is 38.9 Å². The Balaban J connectivity index is 1.51. The molecule has 1 aromatic heterocycles. The van der Waals surface area contributed by atoms with Crippen molar-refractivity contribution in [2.75, 3.05) is 6.61 Å². The van der Waals surface area contributed by atoms with Gasteiger partial charge in [0.05, 0.1) is 43.5 Å². The van der Waals surface area contributed by atoms with E-state index in [-0.39, 0.29) is 24.3 Å². The van der Waals surface area contributed by atoms with E-state index in [0.29, 0.717) is 41.4 Å². The molecule has 3 aromatic carbocycles. The average molecular weight is 682 g/mol. The number of hydrogen-bond acceptors (Lipinski definition) is 7. The van der Waals surface area contributed by atoms with Gasteiger partial charge in [0.2, 0.25) is 0 Å². The Morgan fingerprint density at radius 1 is 1.12 bits per heavy atom. The number of aromatic nitrogens is 1. The maximum Gasteiger partial charge on any atom is 0.338 e. The molecule has 8 nitrogen and oxygen atoms in total. The molecular weight excluding hydrogens is 656 g/mol. The molecular formula is C32H26BrClN2O6S. The molecule has 11 heteroatoms. The summed E-state index contributed by atoms with van der Waals surface area (Å²) in [5.74, 6) is -1.09. The predicted molar refractivity (Wildman–Crippen MR) is 168 cm³/mol. The second-order valence-corrected chi connectivity index (χ2v) is 12.1. The molecule has 5 rings (SSSR count). The largest absolute Gasteiger partial charge is 0.486 e. The molecule has 1 aliphatic heterocycles. The number of ether oxygens (including phenoxy) is 2. The summed E-state index contributed by atoms with van der Waals surface area (Å²) in [5, 5.41) is 9.42. The van der Waals surface area contributed by atoms with Gasteiger partial charge in [-0.1, -0.05) is 64.9 Å². The maximum atomic E-state index is 13.9. The van der Waals surface area contributed by atoms with Crippen molar-refractivity contribution in [2.24, 2.45) is 4.99 Å². The van der Waals surface area contributed by atoms with Crippen molar-refractivity contribution in [1.29, 1.82) is 0 Å². The topological polar surface area (TPSA) is 107 Å². The van der Waals surface area contributed by atoms with Gasteiger partial charge in [-0.25, -0.2) is 14.6 Å². The second-order valence-electron chi connectivity index (χ2n) is 9.82. The zero-order valence-electron chi connectivity index (χ0n) is 23.4. The smallest absolute Gasteiger partial charge is 0.338 e. The van der Waals surface area contributed by atoms with Crippen LogP contribution in [0.15, 0.2) is 86.2 Å². The van der Waals surface area contributed by atoms with E-state index in [0.717, 1.165) is 16.7 Å². The standard InChI is InChI=1S/C32H26BrClN2O6S/c1-4-41-31(40)26-18(3)35-32-36(27(26)21-9-5-17(2)6-10-21)29(37)25(43-32)15-20-13-23(33)28(24(34)14-20)42-16-19-7-11-22(12-8-19)30(38)39/h5-15,27H,4,16H2,1-3H3,(H,38,39)/b25-15+/t27-/m0/s1. The summed E-state index contributed by atoms with van der Waals surface area (Å²) in [4.78, 5) is 43.1. The van der Waals surface area contributed by atoms with Gasteiger partial charge in [-0.05, 0) is 83.7 Å². The molecule has 2 heterocycles. The summed E-state index contributed by atoms with van der Waals surface area (Å²) in [6.07, 6.45) is 1.73. The Bertz CT molecular complexity index is 1920. The number of carbonyl (C=O) groups is 2. The van der Waals surface area contributed by atoms with Crippen molar-refractivity contribution in [3.05, 3.63) is 129 Å². The molecule has 43 heavy (non-hydrogen) atoms. The van der Waals surface area contributed by atoms with Gasteiger partial charge in [0, 0.05) is 0 Å². The maximum absolute atomic E-state index is 13.9. The van der Waals surface area contributed by atoms with E-state index < -0.39 is 18.0 Å². The number of aromatic carboxylic acids is 1. The first-order valence-electron chi connectivity index (χ1n) is 13.3. The molecule has 1 aliphatic rings. The highest BCUT2D eigenvalue weighted by Gasteiger charge is 2.33. The summed E-state index contributed by atoms with van der Waals surface area (Å²) in [5.41, 5.74) is 4.00. The van der Waals surface area contributed by atoms with Crippen LogP contribution in [0.4, 0.5) is 0 Å². The fourth-order valence-electron chi connectivity index (χ4n) is 4.71. The minimum Gasteiger partial charge on any atom is -0.486 e. The van der Waals surface area contributed by atoms with Crippen LogP contribution in [0.3, 0.4) is 0 Å². The predicted octanol–water partition coefficient (Wildman–Crippen LogP) is 5.80. The Hall–Kier alpha value is -3.99. The van der Waals surface area contributed by atoms with Crippen LogP contribution in [-0.4, -0.2) is 28.2 Å². The minimum absolute atomic E-state index is 0.178. The van der Waals surface area contributed by atoms with Crippen molar-refractivity contribution in [3.8, 4) is 5.75 Å². The third-order valence-electron chi connectivity index (χ3n) is 6.81. The van der Waals surface area contributed by atoms with Crippen molar-refractivity contribution < 1.29 is 24.2 Å². The van der Waals surface area contributed by atoms with Crippen LogP contribution in [0.25, 0.3) is 6.08 Å². The summed E-state index contributed by atoms with van der Waals surface area (Å²) in [6.45, 7) is 5.84. The monoisotopic (exact) mass is 680 g/mol. The number of hydrogen-bond donors (Lipinski definition) is 1. The van der Waals surface area contributed by atoms with E-state index in [1.54, 1.807) is 48.8 Å². The van der Waals surface area contributed by atoms with E-state index in [4.69, 9.17) is 26.2 Å². The van der Waals surface area contributed by atoms with Gasteiger partial charge in [0.15, 0.2) is 10.6 Å². The highest BCUT2D eigenvalue weighted by Crippen LogP contribution is 2.35. The number of esters is 1. The normalized spacial score (nSPS) is 14.7. The fraction of sp³-hybridized carbons (Fsp3) is 0.188. The zero-order chi connectivity index (χ0) is 30.8. The number of carbonyl (C=O) groups excluding carboxylic acids is 1. The average Bonchev–Trinajstić information content (AvgIpc) is 3.26. The number of aryl methyl sites for hydroxylation is 1. The number of allylic oxidation sites excluding steroid dienone is 1. The van der Waals surface area contributed by atoms with E-state index in [2.05, 4.69) is 20.9 Å². The van der Waals surface area contributed by atoms with Crippen LogP contribution in [0, 0.1) is 6.92 Å². The minimum atomic E-state index is -0.999. The third-order valence-corrected chi connectivity index (χ3v) is 8.67. The van der Waals surface area contributed by atoms with Gasteiger partial charge in [0.25, 0.3) is 5.56 Å². The summed E-state index contributed by atoms with van der Waals surface area (Å²) in [6, 6.07) is 16.9. The van der Waals surface area contributed by atoms with E-state index in [1.165, 1.54) is 23.5 Å². The van der Waals surface area contributed by atoms with Crippen LogP contribution in [0.5, 0.6) is 5.75 Å². The van der Waals surface area contributed by atoms with E-state index in [9.17, 15) is 14.4 Å². The number of nitrogens with zero attached hydrogens (tertiary/aromatic N) is 2. The quantitative estimate of drug-likeness (QED) is 0.236. The summed E-state index contributed by atoms with van der Waals surface area (Å²) in [7, 11) is 0. The number of thiazole rings is 1. The van der Waals surface area contributed by atoms with Crippen molar-refractivity contribution >= 4 is 56.9 Å². The van der Waals surface area contributed by atoms with Crippen molar-refractivity contribution in [3.63, 3.8) is 0 Å². The van der Waals surface area contributed by atoms with Crippen molar-refractivity contribution in [1.82, 2.24) is 4.57 Å². The zero-order valence-corrected chi connectivity index (χ0v) is 26.5. The number of halogens is 2. The van der Waals surface area contributed by atoms with Crippen LogP contribution in [0.2, 0.25) is 5.02 Å². The molecule has 0 radical (unpaired) electrons. The molecule has 4 aromatic rings. The first-order valence-corrected chi connectivity index (χ1v) is 15.3. The molecule has 0 amide bonds. The Labute approximate surface area is 264 Å². The van der Waals surface area contributed by atoms with Gasteiger partial charge in [-0.2, -0.15) is 0 Å². The number of benzene rings is 3. The Morgan fingerprint density at radius 3 is 2.44 bits per heavy atom. The first-order chi connectivity index (χ1) is 20.6. The molecule has 0 spiro atoms. The Morgan fingerprint density at radius 2 is 1.81 bits per heavy atom. The number of rotatable bonds is 8. The number of carboxylic acid groups (broad SMARTS) is 1. The lowest BCUT2D eigenvalue weighted by molar-refractivity contribution is -0.139. The number of fused-ring (bicyclic) bond motifs is 1. The molecule has 220 valence electrons. The lowest BCUT2D eigenvalue weighted by atomic mass is 9.95. The van der Waals surface area contributed by atoms with Crippen LogP contribution in [0.1, 0.15) is 52.5 Å². The highest BCUT2D eigenvalue weighted by atomic mass is 79.9. The van der Waals surface area contributed by atoms with Gasteiger partial charge < -0.3 is 14.6 Å². The van der Waals surface area contributed by atoms with Gasteiger partial charge in [-0.15, -0.1) is 0 Å². The van der Waals surface area contributed by atoms with Crippen molar-refractivity contribution in [2.45, 2.75) is 33.4 Å². The molecule has 0 saturated carbocycles. The van der Waals surface area contributed by atoms with E-state index in [1.807, 2.05) is 31.2 Å². The molecule has 0 aliphatic carbocycles. The van der Waals surface area contributed by atoms with Gasteiger partial charge in [-0.3, -0.25) is 9.36 Å². The van der Waals surface area contributed by atoms with E-state index >= 15 is 0 Å². The molecule has 1 N–H and O–H groups in total. The lowest BCUT2D eigenvalue weighted by Gasteiger charge is -2.24. The summed E-state index contributed by atoms with van der Waals surface area (Å²) >= 11 is 11.3. The Kier molecular flexibility index (Phi) is 9.00.